The molecule has 0 bridgehead atoms. The first kappa shape index (κ1) is 25.2. The number of fused-ring (bicyclic) bond motifs is 1. The molecule has 0 fully saturated rings. The Bertz CT molecular complexity index is 1260. The van der Waals surface area contributed by atoms with E-state index in [1.165, 1.54) is 19.5 Å². The molecule has 8 nitrogen and oxygen atoms in total. The predicted octanol–water partition coefficient (Wildman–Crippen LogP) is 4.98. The third-order valence-electron chi connectivity index (χ3n) is 5.08. The molecule has 35 heavy (non-hydrogen) atoms. The predicted molar refractivity (Wildman–Crippen MR) is 137 cm³/mol. The molecule has 3 aromatic rings. The van der Waals surface area contributed by atoms with E-state index in [-0.39, 0.29) is 11.9 Å². The van der Waals surface area contributed by atoms with Gasteiger partial charge in [0.1, 0.15) is 17.9 Å². The largest absolute Gasteiger partial charge is 0.494 e. The fourth-order valence-corrected chi connectivity index (χ4v) is 3.40. The van der Waals surface area contributed by atoms with E-state index in [4.69, 9.17) is 15.9 Å². The summed E-state index contributed by atoms with van der Waals surface area (Å²) in [5.41, 5.74) is 2.68. The van der Waals surface area contributed by atoms with E-state index in [1.54, 1.807) is 25.1 Å². The van der Waals surface area contributed by atoms with Crippen molar-refractivity contribution >= 4 is 40.0 Å². The average Bonchev–Trinajstić information content (AvgIpc) is 2.86. The van der Waals surface area contributed by atoms with Gasteiger partial charge in [-0.2, -0.15) is 0 Å². The number of aromatic nitrogens is 2. The van der Waals surface area contributed by atoms with Crippen LogP contribution in [0.4, 0.5) is 17.2 Å². The number of hydrogen-bond donors (Lipinski definition) is 2. The zero-order valence-corrected chi connectivity index (χ0v) is 19.8. The number of hydrogen-bond acceptors (Lipinski definition) is 7. The van der Waals surface area contributed by atoms with Crippen LogP contribution < -0.4 is 15.4 Å². The van der Waals surface area contributed by atoms with Gasteiger partial charge in [0.05, 0.1) is 24.9 Å². The molecule has 0 aliphatic carbocycles. The lowest BCUT2D eigenvalue weighted by Gasteiger charge is -2.13. The van der Waals surface area contributed by atoms with Crippen molar-refractivity contribution < 1.29 is 19.1 Å². The maximum absolute atomic E-state index is 12.5. The van der Waals surface area contributed by atoms with Crippen molar-refractivity contribution in [2.75, 3.05) is 24.4 Å². The van der Waals surface area contributed by atoms with E-state index < -0.39 is 0 Å². The van der Waals surface area contributed by atoms with Crippen molar-refractivity contribution in [1.29, 1.82) is 0 Å². The number of rotatable bonds is 11. The van der Waals surface area contributed by atoms with E-state index in [0.717, 1.165) is 17.7 Å². The van der Waals surface area contributed by atoms with Crippen LogP contribution in [0.15, 0.2) is 54.9 Å². The SMILES string of the molecule is C#Cc1cccc(Nc2ncnc3cc(OC)c(NC(=O)/C=C/CCCCC(=O)OCC)cc23)c1. The molecule has 1 amide bonds. The first-order chi connectivity index (χ1) is 17.0. The minimum Gasteiger partial charge on any atom is -0.494 e. The summed E-state index contributed by atoms with van der Waals surface area (Å²) >= 11 is 0. The number of allylic oxidation sites excluding steroid dienone is 1. The van der Waals surface area contributed by atoms with Crippen molar-refractivity contribution in [2.45, 2.75) is 32.6 Å². The van der Waals surface area contributed by atoms with Crippen molar-refractivity contribution in [3.8, 4) is 18.1 Å². The Kier molecular flexibility index (Phi) is 9.20. The molecule has 2 N–H and O–H groups in total. The summed E-state index contributed by atoms with van der Waals surface area (Å²) < 4.78 is 10.4. The van der Waals surface area contributed by atoms with Gasteiger partial charge in [-0.15, -0.1) is 6.42 Å². The lowest BCUT2D eigenvalue weighted by Crippen LogP contribution is -2.09. The summed E-state index contributed by atoms with van der Waals surface area (Å²) in [5, 5.41) is 6.82. The number of unbranched alkanes of at least 4 members (excludes halogenated alkanes) is 2. The van der Waals surface area contributed by atoms with Crippen LogP contribution in [-0.4, -0.2) is 35.6 Å². The highest BCUT2D eigenvalue weighted by Gasteiger charge is 2.12. The summed E-state index contributed by atoms with van der Waals surface area (Å²) in [6.45, 7) is 2.17. The Morgan fingerprint density at radius 3 is 2.80 bits per heavy atom. The fraction of sp³-hybridized carbons (Fsp3) is 0.259. The zero-order valence-electron chi connectivity index (χ0n) is 19.8. The first-order valence-corrected chi connectivity index (χ1v) is 11.3. The molecule has 180 valence electrons. The normalized spacial score (nSPS) is 10.7. The lowest BCUT2D eigenvalue weighted by molar-refractivity contribution is -0.143. The van der Waals surface area contributed by atoms with Crippen LogP contribution in [0.25, 0.3) is 10.9 Å². The summed E-state index contributed by atoms with van der Waals surface area (Å²) in [7, 11) is 1.53. The molecular formula is C27H28N4O4. The van der Waals surface area contributed by atoms with Gasteiger partial charge in [-0.3, -0.25) is 9.59 Å². The third kappa shape index (κ3) is 7.30. The molecule has 1 aromatic heterocycles. The number of nitrogens with zero attached hydrogens (tertiary/aromatic N) is 2. The second kappa shape index (κ2) is 12.8. The quantitative estimate of drug-likeness (QED) is 0.176. The van der Waals surface area contributed by atoms with Crippen LogP contribution in [0.3, 0.4) is 0 Å². The molecule has 8 heteroatoms. The Hall–Kier alpha value is -4.38. The number of amides is 1. The summed E-state index contributed by atoms with van der Waals surface area (Å²) in [6, 6.07) is 11.0. The standard InChI is InChI=1S/C27H28N4O4/c1-4-19-11-10-12-20(15-19)30-27-21-16-23(24(34-3)17-22(21)28-18-29-27)31-25(32)13-8-6-7-9-14-26(33)35-5-2/h1,8,10-13,15-18H,5-7,9,14H2,2-3H3,(H,31,32)(H,28,29,30)/b13-8+. The topological polar surface area (TPSA) is 102 Å². The van der Waals surface area contributed by atoms with Gasteiger partial charge in [-0.25, -0.2) is 9.97 Å². The van der Waals surface area contributed by atoms with E-state index >= 15 is 0 Å². The van der Waals surface area contributed by atoms with E-state index in [2.05, 4.69) is 26.5 Å². The monoisotopic (exact) mass is 472 g/mol. The minimum atomic E-state index is -0.291. The van der Waals surface area contributed by atoms with Crippen LogP contribution >= 0.6 is 0 Å². The van der Waals surface area contributed by atoms with Crippen molar-refractivity contribution in [1.82, 2.24) is 9.97 Å². The lowest BCUT2D eigenvalue weighted by atomic mass is 10.1. The number of methoxy groups -OCH3 is 1. The van der Waals surface area contributed by atoms with Gasteiger partial charge in [0.25, 0.3) is 0 Å². The number of carbonyl (C=O) groups is 2. The molecule has 0 aliphatic rings. The second-order valence-electron chi connectivity index (χ2n) is 7.58. The molecule has 0 atom stereocenters. The summed E-state index contributed by atoms with van der Waals surface area (Å²) in [6.07, 6.45) is 12.8. The summed E-state index contributed by atoms with van der Waals surface area (Å²) in [4.78, 5) is 32.5. The number of ether oxygens (including phenoxy) is 2. The number of benzene rings is 2. The number of carbonyl (C=O) groups excluding carboxylic acids is 2. The Balaban J connectivity index is 1.70. The maximum atomic E-state index is 12.5. The minimum absolute atomic E-state index is 0.195. The Labute approximate surface area is 204 Å². The average molecular weight is 473 g/mol. The van der Waals surface area contributed by atoms with E-state index in [1.807, 2.05) is 24.3 Å². The van der Waals surface area contributed by atoms with E-state index in [0.29, 0.717) is 54.0 Å². The molecule has 1 heterocycles. The van der Waals surface area contributed by atoms with Crippen LogP contribution in [0.1, 0.15) is 38.2 Å². The van der Waals surface area contributed by atoms with E-state index in [9.17, 15) is 9.59 Å². The highest BCUT2D eigenvalue weighted by Crippen LogP contribution is 2.33. The van der Waals surface area contributed by atoms with Crippen LogP contribution in [0.2, 0.25) is 0 Å². The second-order valence-corrected chi connectivity index (χ2v) is 7.58. The maximum Gasteiger partial charge on any atom is 0.305 e. The molecule has 0 unspecified atom stereocenters. The Morgan fingerprint density at radius 2 is 2.03 bits per heavy atom. The number of terminal acetylenes is 1. The number of esters is 1. The summed E-state index contributed by atoms with van der Waals surface area (Å²) in [5.74, 6) is 3.17. The molecule has 0 saturated heterocycles. The van der Waals surface area contributed by atoms with Crippen molar-refractivity contribution in [3.63, 3.8) is 0 Å². The molecule has 0 aliphatic heterocycles. The first-order valence-electron chi connectivity index (χ1n) is 11.3. The van der Waals surface area contributed by atoms with Gasteiger partial charge in [0.2, 0.25) is 5.91 Å². The highest BCUT2D eigenvalue weighted by molar-refractivity contribution is 6.03. The van der Waals surface area contributed by atoms with Gasteiger partial charge < -0.3 is 20.1 Å². The highest BCUT2D eigenvalue weighted by atomic mass is 16.5. The Morgan fingerprint density at radius 1 is 1.17 bits per heavy atom. The van der Waals surface area contributed by atoms with Crippen molar-refractivity contribution in [3.05, 3.63) is 60.4 Å². The smallest absolute Gasteiger partial charge is 0.305 e. The molecule has 0 saturated carbocycles. The molecule has 2 aromatic carbocycles. The molecular weight excluding hydrogens is 444 g/mol. The van der Waals surface area contributed by atoms with Gasteiger partial charge >= 0.3 is 5.97 Å². The number of anilines is 3. The van der Waals surface area contributed by atoms with Gasteiger partial charge in [0.15, 0.2) is 0 Å². The van der Waals surface area contributed by atoms with Gasteiger partial charge in [-0.1, -0.05) is 18.1 Å². The van der Waals surface area contributed by atoms with Gasteiger partial charge in [-0.05, 0) is 56.5 Å². The van der Waals surface area contributed by atoms with Crippen LogP contribution in [-0.2, 0) is 14.3 Å². The molecule has 0 spiro atoms. The van der Waals surface area contributed by atoms with Crippen LogP contribution in [0.5, 0.6) is 5.75 Å². The van der Waals surface area contributed by atoms with Gasteiger partial charge in [0, 0.05) is 29.1 Å². The molecule has 0 radical (unpaired) electrons. The number of nitrogens with one attached hydrogen (secondary N) is 2. The zero-order chi connectivity index (χ0) is 25.0. The third-order valence-corrected chi connectivity index (χ3v) is 5.08. The van der Waals surface area contributed by atoms with Crippen molar-refractivity contribution in [2.24, 2.45) is 0 Å². The molecule has 3 rings (SSSR count). The fourth-order valence-electron chi connectivity index (χ4n) is 3.40. The van der Waals surface area contributed by atoms with Crippen LogP contribution in [0, 0.1) is 12.3 Å².